The Bertz CT molecular complexity index is 1270. The largest absolute Gasteiger partial charge is 0.442 e. The number of benzene rings is 1. The van der Waals surface area contributed by atoms with Gasteiger partial charge >= 0.3 is 6.09 Å². The zero-order chi connectivity index (χ0) is 24.2. The van der Waals surface area contributed by atoms with Crippen LogP contribution in [0.15, 0.2) is 53.5 Å². The van der Waals surface area contributed by atoms with Gasteiger partial charge in [0.05, 0.1) is 34.6 Å². The lowest BCUT2D eigenvalue weighted by atomic mass is 10.1. The van der Waals surface area contributed by atoms with Gasteiger partial charge in [-0.3, -0.25) is 19.1 Å². The van der Waals surface area contributed by atoms with Gasteiger partial charge < -0.3 is 14.8 Å². The van der Waals surface area contributed by atoms with Gasteiger partial charge in [-0.15, -0.1) is 11.3 Å². The van der Waals surface area contributed by atoms with E-state index in [2.05, 4.69) is 5.32 Å². The Morgan fingerprint density at radius 3 is 2.82 bits per heavy atom. The molecular formula is C24H24ClN3O5S. The molecule has 3 heterocycles. The van der Waals surface area contributed by atoms with Gasteiger partial charge in [0.15, 0.2) is 0 Å². The fraction of sp³-hybridized carbons (Fsp3) is 0.292. The Kier molecular flexibility index (Phi) is 7.35. The minimum absolute atomic E-state index is 0.114. The maximum absolute atomic E-state index is 12.7. The molecule has 1 fully saturated rings. The van der Waals surface area contributed by atoms with Crippen LogP contribution in [0.1, 0.15) is 27.7 Å². The van der Waals surface area contributed by atoms with E-state index in [4.69, 9.17) is 21.1 Å². The van der Waals surface area contributed by atoms with E-state index in [1.165, 1.54) is 16.2 Å². The molecule has 0 bridgehead atoms. The smallest absolute Gasteiger partial charge is 0.414 e. The van der Waals surface area contributed by atoms with Gasteiger partial charge in [0.1, 0.15) is 6.10 Å². The summed E-state index contributed by atoms with van der Waals surface area (Å²) in [6.07, 6.45) is 0.714. The highest BCUT2D eigenvalue weighted by Crippen LogP contribution is 2.27. The molecule has 0 spiro atoms. The molecule has 0 saturated carbocycles. The zero-order valence-electron chi connectivity index (χ0n) is 18.7. The van der Waals surface area contributed by atoms with E-state index in [-0.39, 0.29) is 31.2 Å². The van der Waals surface area contributed by atoms with Crippen molar-refractivity contribution < 1.29 is 19.1 Å². The lowest BCUT2D eigenvalue weighted by Crippen LogP contribution is -2.34. The molecule has 178 valence electrons. The molecule has 4 rings (SSSR count). The van der Waals surface area contributed by atoms with Crippen molar-refractivity contribution in [2.75, 3.05) is 24.6 Å². The van der Waals surface area contributed by atoms with E-state index >= 15 is 0 Å². The SMILES string of the molecule is CCOCc1cc(N2C[C@H](CNC(=O)c3ccc(Cl)s3)OC2=O)ccc1-n1cccc(C)c1=O. The second-order valence-electron chi connectivity index (χ2n) is 7.75. The molecule has 0 radical (unpaired) electrons. The van der Waals surface area contributed by atoms with Crippen LogP contribution in [0.25, 0.3) is 5.69 Å². The van der Waals surface area contributed by atoms with Crippen LogP contribution in [0.4, 0.5) is 10.5 Å². The number of hydrogen-bond donors (Lipinski definition) is 1. The van der Waals surface area contributed by atoms with Crippen molar-refractivity contribution in [3.8, 4) is 5.69 Å². The molecule has 8 nitrogen and oxygen atoms in total. The van der Waals surface area contributed by atoms with Crippen LogP contribution in [-0.4, -0.2) is 42.4 Å². The maximum atomic E-state index is 12.7. The zero-order valence-corrected chi connectivity index (χ0v) is 20.3. The average molecular weight is 502 g/mol. The summed E-state index contributed by atoms with van der Waals surface area (Å²) in [5.74, 6) is -0.265. The predicted molar refractivity (Wildman–Crippen MR) is 131 cm³/mol. The summed E-state index contributed by atoms with van der Waals surface area (Å²) >= 11 is 7.07. The fourth-order valence-corrected chi connectivity index (χ4v) is 4.62. The van der Waals surface area contributed by atoms with Crippen molar-refractivity contribution in [1.82, 2.24) is 9.88 Å². The minimum atomic E-state index is -0.499. The van der Waals surface area contributed by atoms with Gasteiger partial charge in [-0.2, -0.15) is 0 Å². The third-order valence-electron chi connectivity index (χ3n) is 5.39. The Morgan fingerprint density at radius 1 is 1.26 bits per heavy atom. The van der Waals surface area contributed by atoms with Crippen LogP contribution in [0.2, 0.25) is 4.34 Å². The van der Waals surface area contributed by atoms with E-state index in [9.17, 15) is 14.4 Å². The van der Waals surface area contributed by atoms with Crippen molar-refractivity contribution in [1.29, 1.82) is 0 Å². The van der Waals surface area contributed by atoms with Gasteiger partial charge in [-0.1, -0.05) is 17.7 Å². The molecular weight excluding hydrogens is 478 g/mol. The Morgan fingerprint density at radius 2 is 2.09 bits per heavy atom. The second kappa shape index (κ2) is 10.4. The minimum Gasteiger partial charge on any atom is -0.442 e. The highest BCUT2D eigenvalue weighted by atomic mass is 35.5. The quantitative estimate of drug-likeness (QED) is 0.500. The van der Waals surface area contributed by atoms with E-state index in [0.29, 0.717) is 32.8 Å². The number of halogens is 1. The van der Waals surface area contributed by atoms with Crippen molar-refractivity contribution in [2.24, 2.45) is 0 Å². The van der Waals surface area contributed by atoms with Crippen LogP contribution in [0.5, 0.6) is 0 Å². The normalized spacial score (nSPS) is 15.4. The summed E-state index contributed by atoms with van der Waals surface area (Å²) in [5, 5.41) is 2.78. The summed E-state index contributed by atoms with van der Waals surface area (Å²) in [4.78, 5) is 39.5. The number of ether oxygens (including phenoxy) is 2. The lowest BCUT2D eigenvalue weighted by molar-refractivity contribution is 0.0920. The number of thiophene rings is 1. The molecule has 1 aliphatic rings. The summed E-state index contributed by atoms with van der Waals surface area (Å²) in [5.41, 5.74) is 2.61. The predicted octanol–water partition coefficient (Wildman–Crippen LogP) is 4.15. The highest BCUT2D eigenvalue weighted by Gasteiger charge is 2.33. The van der Waals surface area contributed by atoms with Crippen LogP contribution < -0.4 is 15.8 Å². The number of rotatable bonds is 8. The molecule has 1 aliphatic heterocycles. The summed E-state index contributed by atoms with van der Waals surface area (Å²) in [6, 6.07) is 12.3. The molecule has 1 N–H and O–H groups in total. The number of nitrogens with zero attached hydrogens (tertiary/aromatic N) is 2. The summed E-state index contributed by atoms with van der Waals surface area (Å²) in [6.45, 7) is 4.91. The molecule has 10 heteroatoms. The number of aryl methyl sites for hydroxylation is 1. The Labute approximate surface area is 205 Å². The second-order valence-corrected chi connectivity index (χ2v) is 9.46. The molecule has 2 aromatic heterocycles. The number of cyclic esters (lactones) is 1. The maximum Gasteiger partial charge on any atom is 0.414 e. The molecule has 3 aromatic rings. The van der Waals surface area contributed by atoms with Gasteiger partial charge in [0, 0.05) is 29.6 Å². The van der Waals surface area contributed by atoms with Gasteiger partial charge in [-0.05, 0) is 50.2 Å². The number of nitrogens with one attached hydrogen (secondary N) is 1. The Balaban J connectivity index is 1.51. The first-order valence-electron chi connectivity index (χ1n) is 10.8. The van der Waals surface area contributed by atoms with Gasteiger partial charge in [-0.25, -0.2) is 4.79 Å². The van der Waals surface area contributed by atoms with E-state index in [0.717, 1.165) is 5.56 Å². The van der Waals surface area contributed by atoms with Gasteiger partial charge in [0.25, 0.3) is 11.5 Å². The van der Waals surface area contributed by atoms with Crippen molar-refractivity contribution in [3.05, 3.63) is 79.4 Å². The molecule has 0 aliphatic carbocycles. The lowest BCUT2D eigenvalue weighted by Gasteiger charge is -2.18. The van der Waals surface area contributed by atoms with E-state index < -0.39 is 12.2 Å². The average Bonchev–Trinajstić information content (AvgIpc) is 3.43. The molecule has 1 atom stereocenters. The monoisotopic (exact) mass is 501 g/mol. The third kappa shape index (κ3) is 5.16. The summed E-state index contributed by atoms with van der Waals surface area (Å²) < 4.78 is 13.2. The number of amides is 2. The number of anilines is 1. The van der Waals surface area contributed by atoms with Crippen molar-refractivity contribution in [2.45, 2.75) is 26.6 Å². The molecule has 0 unspecified atom stereocenters. The number of carbonyl (C=O) groups excluding carboxylic acids is 2. The highest BCUT2D eigenvalue weighted by molar-refractivity contribution is 7.18. The summed E-state index contributed by atoms with van der Waals surface area (Å²) in [7, 11) is 0. The van der Waals surface area contributed by atoms with E-state index in [1.54, 1.807) is 48.0 Å². The van der Waals surface area contributed by atoms with Crippen LogP contribution in [0.3, 0.4) is 0 Å². The molecule has 34 heavy (non-hydrogen) atoms. The number of carbonyl (C=O) groups is 2. The standard InChI is InChI=1S/C24H24ClN3O5S/c1-3-32-14-16-11-17(6-7-19(16)27-10-4-5-15(2)23(27)30)28-13-18(33-24(28)31)12-26-22(29)20-8-9-21(25)34-20/h4-11,18H,3,12-14H2,1-2H3,(H,26,29)/t18-/m0/s1. The topological polar surface area (TPSA) is 89.9 Å². The van der Waals surface area contributed by atoms with Crippen molar-refractivity contribution >= 4 is 40.6 Å². The van der Waals surface area contributed by atoms with Crippen LogP contribution in [-0.2, 0) is 16.1 Å². The Hall–Kier alpha value is -3.14. The van der Waals surface area contributed by atoms with Crippen molar-refractivity contribution in [3.63, 3.8) is 0 Å². The number of hydrogen-bond acceptors (Lipinski definition) is 6. The number of pyridine rings is 1. The first-order valence-corrected chi connectivity index (χ1v) is 12.0. The van der Waals surface area contributed by atoms with Crippen LogP contribution >= 0.6 is 22.9 Å². The molecule has 1 aromatic carbocycles. The fourth-order valence-electron chi connectivity index (χ4n) is 3.66. The van der Waals surface area contributed by atoms with Crippen LogP contribution in [0, 0.1) is 6.92 Å². The van der Waals surface area contributed by atoms with Gasteiger partial charge in [0.2, 0.25) is 0 Å². The van der Waals surface area contributed by atoms with E-state index in [1.807, 2.05) is 19.1 Å². The first kappa shape index (κ1) is 24.0. The third-order valence-corrected chi connectivity index (χ3v) is 6.62. The molecule has 1 saturated heterocycles. The number of aromatic nitrogens is 1. The first-order chi connectivity index (χ1) is 16.4. The molecule has 2 amide bonds.